The van der Waals surface area contributed by atoms with E-state index in [1.54, 1.807) is 6.92 Å². The van der Waals surface area contributed by atoms with Crippen molar-refractivity contribution in [1.29, 1.82) is 0 Å². The number of ether oxygens (including phenoxy) is 3. The highest BCUT2D eigenvalue weighted by Gasteiger charge is 2.36. The lowest BCUT2D eigenvalue weighted by molar-refractivity contribution is -0.148. The molecule has 0 atom stereocenters. The van der Waals surface area contributed by atoms with Crippen LogP contribution in [0, 0.1) is 0 Å². The molecule has 2 heterocycles. The van der Waals surface area contributed by atoms with Crippen molar-refractivity contribution in [2.45, 2.75) is 26.5 Å². The molecule has 2 aromatic rings. The maximum Gasteiger partial charge on any atom is 0.357 e. The molecule has 24 heavy (non-hydrogen) atoms. The molecule has 7 heteroatoms. The Hall–Kier alpha value is -2.12. The number of fused-ring (bicyclic) bond motifs is 1. The van der Waals surface area contributed by atoms with Gasteiger partial charge < -0.3 is 19.3 Å². The SMILES string of the molecule is CBc1cc(C2(C)OCCO2)c2nc(C(=O)OCC)cc(O)c2c1. The summed E-state index contributed by atoms with van der Waals surface area (Å²) in [4.78, 5) is 16.4. The number of hydrogen-bond acceptors (Lipinski definition) is 6. The van der Waals surface area contributed by atoms with Gasteiger partial charge in [0.05, 0.1) is 25.3 Å². The molecule has 6 nitrogen and oxygen atoms in total. The van der Waals surface area contributed by atoms with Crippen molar-refractivity contribution in [3.8, 4) is 5.75 Å². The minimum absolute atomic E-state index is 0.0128. The van der Waals surface area contributed by atoms with E-state index in [1.165, 1.54) is 6.07 Å². The minimum atomic E-state index is -0.948. The molecular formula is C17H20BNO5. The van der Waals surface area contributed by atoms with Crippen LogP contribution in [-0.4, -0.2) is 43.2 Å². The summed E-state index contributed by atoms with van der Waals surface area (Å²) >= 11 is 0. The lowest BCUT2D eigenvalue weighted by Crippen LogP contribution is -2.26. The average molecular weight is 329 g/mol. The summed E-state index contributed by atoms with van der Waals surface area (Å²) in [6.45, 7) is 6.78. The van der Waals surface area contributed by atoms with Gasteiger partial charge in [-0.2, -0.15) is 0 Å². The fourth-order valence-corrected chi connectivity index (χ4v) is 2.90. The first-order valence-electron chi connectivity index (χ1n) is 8.10. The van der Waals surface area contributed by atoms with E-state index in [2.05, 4.69) is 4.98 Å². The molecular weight excluding hydrogens is 309 g/mol. The van der Waals surface area contributed by atoms with E-state index >= 15 is 0 Å². The van der Waals surface area contributed by atoms with Crippen molar-refractivity contribution < 1.29 is 24.1 Å². The normalized spacial score (nSPS) is 16.3. The molecule has 1 aromatic carbocycles. The van der Waals surface area contributed by atoms with Gasteiger partial charge in [-0.25, -0.2) is 9.78 Å². The third-order valence-electron chi connectivity index (χ3n) is 4.17. The fourth-order valence-electron chi connectivity index (χ4n) is 2.90. The second kappa shape index (κ2) is 6.41. The van der Waals surface area contributed by atoms with Crippen molar-refractivity contribution in [2.75, 3.05) is 19.8 Å². The average Bonchev–Trinajstić information content (AvgIpc) is 3.02. The Balaban J connectivity index is 2.25. The van der Waals surface area contributed by atoms with Crippen LogP contribution in [0.5, 0.6) is 5.75 Å². The zero-order valence-corrected chi connectivity index (χ0v) is 14.1. The monoisotopic (exact) mass is 329 g/mol. The summed E-state index contributed by atoms with van der Waals surface area (Å²) in [7, 11) is 0.790. The largest absolute Gasteiger partial charge is 0.507 e. The molecule has 0 amide bonds. The summed E-state index contributed by atoms with van der Waals surface area (Å²) < 4.78 is 16.5. The van der Waals surface area contributed by atoms with Crippen molar-refractivity contribution in [1.82, 2.24) is 4.98 Å². The first kappa shape index (κ1) is 16.7. The van der Waals surface area contributed by atoms with E-state index < -0.39 is 11.8 Å². The van der Waals surface area contributed by atoms with Crippen molar-refractivity contribution in [2.24, 2.45) is 0 Å². The minimum Gasteiger partial charge on any atom is -0.507 e. The number of carbonyl (C=O) groups excluding carboxylic acids is 1. The maximum atomic E-state index is 12.0. The Labute approximate surface area is 141 Å². The maximum absolute atomic E-state index is 12.0. The molecule has 1 N–H and O–H groups in total. The molecule has 126 valence electrons. The van der Waals surface area contributed by atoms with Crippen LogP contribution in [0.25, 0.3) is 10.9 Å². The van der Waals surface area contributed by atoms with Gasteiger partial charge >= 0.3 is 5.97 Å². The number of nitrogens with zero attached hydrogens (tertiary/aromatic N) is 1. The van der Waals surface area contributed by atoms with Crippen LogP contribution in [0.1, 0.15) is 29.9 Å². The van der Waals surface area contributed by atoms with Gasteiger partial charge in [-0.3, -0.25) is 0 Å². The zero-order valence-electron chi connectivity index (χ0n) is 14.1. The lowest BCUT2D eigenvalue weighted by Gasteiger charge is -2.25. The van der Waals surface area contributed by atoms with Crippen molar-refractivity contribution in [3.05, 3.63) is 29.5 Å². The Morgan fingerprint density at radius 2 is 2.08 bits per heavy atom. The highest BCUT2D eigenvalue weighted by molar-refractivity contribution is 6.52. The second-order valence-corrected chi connectivity index (χ2v) is 5.78. The molecule has 1 aliphatic rings. The van der Waals surface area contributed by atoms with Gasteiger partial charge in [-0.05, 0) is 13.8 Å². The summed E-state index contributed by atoms with van der Waals surface area (Å²) in [6.07, 6.45) is 0. The number of rotatable bonds is 4. The second-order valence-electron chi connectivity index (χ2n) is 5.78. The molecule has 0 bridgehead atoms. The molecule has 0 radical (unpaired) electrons. The molecule has 0 saturated carbocycles. The van der Waals surface area contributed by atoms with Gasteiger partial charge in [0.2, 0.25) is 0 Å². The van der Waals surface area contributed by atoms with Crippen LogP contribution < -0.4 is 5.46 Å². The van der Waals surface area contributed by atoms with Crippen LogP contribution in [0.4, 0.5) is 0 Å². The van der Waals surface area contributed by atoms with E-state index in [9.17, 15) is 9.90 Å². The smallest absolute Gasteiger partial charge is 0.357 e. The van der Waals surface area contributed by atoms with Crippen molar-refractivity contribution >= 4 is 29.6 Å². The molecule has 0 aliphatic carbocycles. The van der Waals surface area contributed by atoms with E-state index in [-0.39, 0.29) is 18.1 Å². The van der Waals surface area contributed by atoms with Gasteiger partial charge in [0.25, 0.3) is 0 Å². The molecule has 1 aromatic heterocycles. The van der Waals surface area contributed by atoms with E-state index in [1.807, 2.05) is 25.9 Å². The van der Waals surface area contributed by atoms with E-state index in [0.717, 1.165) is 12.7 Å². The summed E-state index contributed by atoms with van der Waals surface area (Å²) in [5, 5.41) is 11.0. The van der Waals surface area contributed by atoms with Gasteiger partial charge in [-0.1, -0.05) is 24.4 Å². The molecule has 0 spiro atoms. The Morgan fingerprint density at radius 3 is 2.71 bits per heavy atom. The number of hydrogen-bond donors (Lipinski definition) is 1. The third-order valence-corrected chi connectivity index (χ3v) is 4.17. The summed E-state index contributed by atoms with van der Waals surface area (Å²) in [5.41, 5.74) is 2.28. The third kappa shape index (κ3) is 2.85. The Kier molecular flexibility index (Phi) is 4.47. The fraction of sp³-hybridized carbons (Fsp3) is 0.412. The summed E-state index contributed by atoms with van der Waals surface area (Å²) in [6, 6.07) is 5.16. The van der Waals surface area contributed by atoms with Crippen molar-refractivity contribution in [3.63, 3.8) is 0 Å². The number of carbonyl (C=O) groups is 1. The Bertz CT molecular complexity index is 786. The predicted molar refractivity (Wildman–Crippen MR) is 91.3 cm³/mol. The van der Waals surface area contributed by atoms with Gasteiger partial charge in [0, 0.05) is 17.0 Å². The molecule has 1 saturated heterocycles. The number of pyridine rings is 1. The van der Waals surface area contributed by atoms with Gasteiger partial charge in [0.15, 0.2) is 18.8 Å². The number of aromatic hydroxyl groups is 1. The first-order chi connectivity index (χ1) is 11.5. The van der Waals surface area contributed by atoms with E-state index in [0.29, 0.717) is 29.7 Å². The molecule has 3 rings (SSSR count). The standard InChI is InChI=1S/C17H20BNO5/c1-4-22-16(21)13-9-14(20)11-7-10(18-3)8-12(15(11)19-13)17(2)23-5-6-24-17/h7-9,18H,4-6H2,1-3H3,(H,19,20). The zero-order chi connectivity index (χ0) is 17.3. The molecule has 1 fully saturated rings. The Morgan fingerprint density at radius 1 is 1.38 bits per heavy atom. The lowest BCUT2D eigenvalue weighted by atomic mass is 9.72. The summed E-state index contributed by atoms with van der Waals surface area (Å²) in [5.74, 6) is -1.53. The first-order valence-corrected chi connectivity index (χ1v) is 8.10. The number of aromatic nitrogens is 1. The number of benzene rings is 1. The van der Waals surface area contributed by atoms with Crippen LogP contribution in [0.3, 0.4) is 0 Å². The predicted octanol–water partition coefficient (Wildman–Crippen LogP) is 1.45. The topological polar surface area (TPSA) is 77.9 Å². The van der Waals surface area contributed by atoms with Crippen LogP contribution in [-0.2, 0) is 20.0 Å². The van der Waals surface area contributed by atoms with Gasteiger partial charge in [0.1, 0.15) is 5.75 Å². The van der Waals surface area contributed by atoms with E-state index in [4.69, 9.17) is 14.2 Å². The van der Waals surface area contributed by atoms with Crippen LogP contribution >= 0.6 is 0 Å². The van der Waals surface area contributed by atoms with Gasteiger partial charge in [-0.15, -0.1) is 0 Å². The van der Waals surface area contributed by atoms with Crippen LogP contribution in [0.2, 0.25) is 6.82 Å². The number of esters is 1. The highest BCUT2D eigenvalue weighted by atomic mass is 16.7. The molecule has 0 unspecified atom stereocenters. The highest BCUT2D eigenvalue weighted by Crippen LogP contribution is 2.36. The quantitative estimate of drug-likeness (QED) is 0.676. The van der Waals surface area contributed by atoms with Crippen LogP contribution in [0.15, 0.2) is 18.2 Å². The molecule has 1 aliphatic heterocycles.